The Bertz CT molecular complexity index is 1940. The van der Waals surface area contributed by atoms with Gasteiger partial charge in [0.1, 0.15) is 10.6 Å². The molecule has 0 aliphatic carbocycles. The Morgan fingerprint density at radius 3 is 2.36 bits per heavy atom. The van der Waals surface area contributed by atoms with Gasteiger partial charge in [-0.1, -0.05) is 42.5 Å². The fourth-order valence-corrected chi connectivity index (χ4v) is 6.00. The van der Waals surface area contributed by atoms with Gasteiger partial charge in [-0.25, -0.2) is 8.42 Å². The molecule has 0 atom stereocenters. The zero-order valence-electron chi connectivity index (χ0n) is 25.0. The molecule has 4 aromatic carbocycles. The van der Waals surface area contributed by atoms with E-state index in [0.29, 0.717) is 46.6 Å². The molecule has 0 spiro atoms. The minimum atomic E-state index is -4.07. The number of sulfonamides is 1. The highest BCUT2D eigenvalue weighted by molar-refractivity contribution is 7.92. The Hall–Kier alpha value is -5.49. The molecule has 0 saturated carbocycles. The molecule has 0 fully saturated rings. The standard InChI is InChI=1S/C33H32N6O5S/c1-38(2)33(41)26-10-7-9-24(21-26)25-14-15-30(44-3)31(22-25)45(42,43)37-27-11-6-8-23(20-27)16-17-34-32(40)28-12-4-5-13-29(28)39-35-18-19-36-39/h4-15,18-22,37H,16-17H2,1-3H3,(H,34,40). The largest absolute Gasteiger partial charge is 0.495 e. The van der Waals surface area contributed by atoms with Crippen LogP contribution in [0.15, 0.2) is 108 Å². The molecule has 0 unspecified atom stereocenters. The number of methoxy groups -OCH3 is 1. The van der Waals surface area contributed by atoms with Gasteiger partial charge < -0.3 is 15.0 Å². The van der Waals surface area contributed by atoms with Crippen molar-refractivity contribution in [3.05, 3.63) is 120 Å². The smallest absolute Gasteiger partial charge is 0.265 e. The van der Waals surface area contributed by atoms with Crippen molar-refractivity contribution in [1.29, 1.82) is 0 Å². The molecule has 0 aliphatic rings. The first-order valence-electron chi connectivity index (χ1n) is 14.0. The van der Waals surface area contributed by atoms with Gasteiger partial charge in [-0.05, 0) is 71.6 Å². The lowest BCUT2D eigenvalue weighted by atomic mass is 10.0. The van der Waals surface area contributed by atoms with Crippen molar-refractivity contribution in [2.45, 2.75) is 11.3 Å². The van der Waals surface area contributed by atoms with E-state index in [1.165, 1.54) is 35.3 Å². The van der Waals surface area contributed by atoms with Crippen LogP contribution in [0.2, 0.25) is 0 Å². The Morgan fingerprint density at radius 2 is 1.60 bits per heavy atom. The number of hydrogen-bond acceptors (Lipinski definition) is 7. The van der Waals surface area contributed by atoms with Gasteiger partial charge in [0.15, 0.2) is 0 Å². The molecule has 12 heteroatoms. The normalized spacial score (nSPS) is 11.1. The zero-order chi connectivity index (χ0) is 32.0. The van der Waals surface area contributed by atoms with E-state index in [-0.39, 0.29) is 22.5 Å². The molecule has 2 amide bonds. The van der Waals surface area contributed by atoms with Crippen LogP contribution < -0.4 is 14.8 Å². The average Bonchev–Trinajstić information content (AvgIpc) is 3.59. The topological polar surface area (TPSA) is 136 Å². The molecule has 1 heterocycles. The third-order valence-electron chi connectivity index (χ3n) is 6.96. The first-order chi connectivity index (χ1) is 21.7. The lowest BCUT2D eigenvalue weighted by molar-refractivity contribution is 0.0827. The number of hydrogen-bond donors (Lipinski definition) is 2. The van der Waals surface area contributed by atoms with E-state index in [1.54, 1.807) is 86.9 Å². The average molecular weight is 625 g/mol. The van der Waals surface area contributed by atoms with Crippen molar-refractivity contribution in [3.8, 4) is 22.6 Å². The van der Waals surface area contributed by atoms with Gasteiger partial charge >= 0.3 is 0 Å². The van der Waals surface area contributed by atoms with Crippen molar-refractivity contribution in [2.75, 3.05) is 32.5 Å². The first kappa shape index (κ1) is 31.0. The minimum absolute atomic E-state index is 0.0464. The van der Waals surface area contributed by atoms with E-state index in [9.17, 15) is 18.0 Å². The van der Waals surface area contributed by atoms with Crippen molar-refractivity contribution >= 4 is 27.5 Å². The number of carbonyl (C=O) groups excluding carboxylic acids is 2. The van der Waals surface area contributed by atoms with E-state index in [1.807, 2.05) is 12.1 Å². The SMILES string of the molecule is COc1ccc(-c2cccc(C(=O)N(C)C)c2)cc1S(=O)(=O)Nc1cccc(CCNC(=O)c2ccccc2-n2nccn2)c1. The summed E-state index contributed by atoms with van der Waals surface area (Å²) in [6, 6.07) is 25.9. The molecule has 5 aromatic rings. The van der Waals surface area contributed by atoms with Crippen LogP contribution in [0.1, 0.15) is 26.3 Å². The summed E-state index contributed by atoms with van der Waals surface area (Å²) in [6.07, 6.45) is 3.54. The van der Waals surface area contributed by atoms with Gasteiger partial charge in [0.2, 0.25) is 0 Å². The molecule has 230 valence electrons. The summed E-state index contributed by atoms with van der Waals surface area (Å²) in [4.78, 5) is 28.2. The summed E-state index contributed by atoms with van der Waals surface area (Å²) >= 11 is 0. The molecule has 45 heavy (non-hydrogen) atoms. The number of amides is 2. The fourth-order valence-electron chi connectivity index (χ4n) is 4.75. The summed E-state index contributed by atoms with van der Waals surface area (Å²) in [6.45, 7) is 0.321. The predicted octanol–water partition coefficient (Wildman–Crippen LogP) is 4.42. The molecule has 5 rings (SSSR count). The lowest BCUT2D eigenvalue weighted by Crippen LogP contribution is -2.27. The van der Waals surface area contributed by atoms with E-state index < -0.39 is 10.0 Å². The molecule has 0 aliphatic heterocycles. The van der Waals surface area contributed by atoms with E-state index >= 15 is 0 Å². The highest BCUT2D eigenvalue weighted by Gasteiger charge is 2.22. The van der Waals surface area contributed by atoms with Gasteiger partial charge in [0.25, 0.3) is 21.8 Å². The number of nitrogens with one attached hydrogen (secondary N) is 2. The summed E-state index contributed by atoms with van der Waals surface area (Å²) in [5, 5.41) is 11.1. The van der Waals surface area contributed by atoms with Gasteiger partial charge in [0, 0.05) is 31.9 Å². The molecular formula is C33H32N6O5S. The van der Waals surface area contributed by atoms with E-state index in [0.717, 1.165) is 5.56 Å². The number of anilines is 1. The second kappa shape index (κ2) is 13.4. The van der Waals surface area contributed by atoms with Gasteiger partial charge in [-0.15, -0.1) is 0 Å². The third-order valence-corrected chi connectivity index (χ3v) is 8.37. The van der Waals surface area contributed by atoms with Gasteiger partial charge in [0.05, 0.1) is 30.8 Å². The highest BCUT2D eigenvalue weighted by atomic mass is 32.2. The number of benzene rings is 4. The zero-order valence-corrected chi connectivity index (χ0v) is 25.8. The van der Waals surface area contributed by atoms with Crippen LogP contribution in [-0.2, 0) is 16.4 Å². The van der Waals surface area contributed by atoms with Gasteiger partial charge in [-0.3, -0.25) is 14.3 Å². The summed E-state index contributed by atoms with van der Waals surface area (Å²) in [5.41, 5.74) is 3.96. The second-order valence-electron chi connectivity index (χ2n) is 10.3. The van der Waals surface area contributed by atoms with Crippen LogP contribution in [-0.4, -0.2) is 67.9 Å². The second-order valence-corrected chi connectivity index (χ2v) is 11.9. The molecule has 0 bridgehead atoms. The monoisotopic (exact) mass is 624 g/mol. The maximum atomic E-state index is 13.6. The molecule has 0 saturated heterocycles. The van der Waals surface area contributed by atoms with Crippen LogP contribution in [0.4, 0.5) is 5.69 Å². The number of rotatable bonds is 11. The van der Waals surface area contributed by atoms with E-state index in [2.05, 4.69) is 20.2 Å². The Balaban J connectivity index is 1.30. The lowest BCUT2D eigenvalue weighted by Gasteiger charge is -2.15. The Morgan fingerprint density at radius 1 is 0.867 bits per heavy atom. The number of carbonyl (C=O) groups is 2. The molecule has 11 nitrogen and oxygen atoms in total. The Kier molecular flexibility index (Phi) is 9.24. The fraction of sp³-hybridized carbons (Fsp3) is 0.152. The van der Waals surface area contributed by atoms with Crippen LogP contribution >= 0.6 is 0 Å². The van der Waals surface area contributed by atoms with Crippen LogP contribution in [0, 0.1) is 0 Å². The number of para-hydroxylation sites is 1. The quantitative estimate of drug-likeness (QED) is 0.222. The Labute approximate surface area is 261 Å². The maximum Gasteiger partial charge on any atom is 0.265 e. The highest BCUT2D eigenvalue weighted by Crippen LogP contribution is 2.32. The van der Waals surface area contributed by atoms with Crippen LogP contribution in [0.3, 0.4) is 0 Å². The number of aromatic nitrogens is 3. The first-order valence-corrected chi connectivity index (χ1v) is 15.5. The molecule has 1 aromatic heterocycles. The minimum Gasteiger partial charge on any atom is -0.495 e. The van der Waals surface area contributed by atoms with Crippen molar-refractivity contribution in [2.24, 2.45) is 0 Å². The van der Waals surface area contributed by atoms with Crippen LogP contribution in [0.25, 0.3) is 16.8 Å². The van der Waals surface area contributed by atoms with Gasteiger partial charge in [-0.2, -0.15) is 15.0 Å². The van der Waals surface area contributed by atoms with Crippen LogP contribution in [0.5, 0.6) is 5.75 Å². The number of nitrogens with zero attached hydrogens (tertiary/aromatic N) is 4. The summed E-state index contributed by atoms with van der Waals surface area (Å²) < 4.78 is 35.3. The molecule has 0 radical (unpaired) electrons. The van der Waals surface area contributed by atoms with Crippen molar-refractivity contribution in [1.82, 2.24) is 25.2 Å². The summed E-state index contributed by atoms with van der Waals surface area (Å²) in [5.74, 6) is -0.254. The number of ether oxygens (including phenoxy) is 1. The molecule has 2 N–H and O–H groups in total. The van der Waals surface area contributed by atoms with Crippen molar-refractivity contribution < 1.29 is 22.7 Å². The predicted molar refractivity (Wildman–Crippen MR) is 171 cm³/mol. The molecular weight excluding hydrogens is 592 g/mol. The maximum absolute atomic E-state index is 13.6. The third kappa shape index (κ3) is 7.19. The van der Waals surface area contributed by atoms with Crippen molar-refractivity contribution in [3.63, 3.8) is 0 Å². The van der Waals surface area contributed by atoms with E-state index in [4.69, 9.17) is 4.74 Å². The summed E-state index contributed by atoms with van der Waals surface area (Å²) in [7, 11) is 0.676.